The predicted molar refractivity (Wildman–Crippen MR) is 84.9 cm³/mol. The van der Waals surface area contributed by atoms with Gasteiger partial charge in [-0.1, -0.05) is 5.92 Å². The van der Waals surface area contributed by atoms with Crippen LogP contribution in [-0.4, -0.2) is 29.4 Å². The maximum Gasteiger partial charge on any atom is 0.249 e. The summed E-state index contributed by atoms with van der Waals surface area (Å²) in [7, 11) is 0. The summed E-state index contributed by atoms with van der Waals surface area (Å²) >= 11 is 0. The van der Waals surface area contributed by atoms with Crippen LogP contribution in [0, 0.1) is 12.3 Å². The van der Waals surface area contributed by atoms with E-state index in [1.54, 1.807) is 24.4 Å². The lowest BCUT2D eigenvalue weighted by molar-refractivity contribution is -0.119. The quantitative estimate of drug-likeness (QED) is 0.823. The average molecular weight is 309 g/mol. The van der Waals surface area contributed by atoms with E-state index in [2.05, 4.69) is 16.2 Å². The Morgan fingerprint density at radius 3 is 3.00 bits per heavy atom. The van der Waals surface area contributed by atoms with Gasteiger partial charge < -0.3 is 15.8 Å². The van der Waals surface area contributed by atoms with Crippen molar-refractivity contribution in [3.8, 4) is 18.2 Å². The Morgan fingerprint density at radius 1 is 1.52 bits per heavy atom. The Morgan fingerprint density at radius 2 is 2.35 bits per heavy atom. The number of nitrogens with two attached hydrogens (primary N) is 1. The van der Waals surface area contributed by atoms with E-state index in [1.165, 1.54) is 0 Å². The number of terminal acetylenes is 1. The van der Waals surface area contributed by atoms with E-state index >= 15 is 0 Å². The monoisotopic (exact) mass is 309 g/mol. The summed E-state index contributed by atoms with van der Waals surface area (Å²) in [5.74, 6) is 2.33. The third-order valence-corrected chi connectivity index (χ3v) is 3.79. The summed E-state index contributed by atoms with van der Waals surface area (Å²) in [6.45, 7) is 0.334. The van der Waals surface area contributed by atoms with E-state index in [0.29, 0.717) is 35.4 Å². The smallest absolute Gasteiger partial charge is 0.249 e. The first-order valence-corrected chi connectivity index (χ1v) is 7.20. The SMILES string of the molecule is C#Cc1cc2c(OC[C@@H]3CCC(=O)N3)nccc2cc1C(N)=O. The van der Waals surface area contributed by atoms with Crippen molar-refractivity contribution < 1.29 is 14.3 Å². The minimum Gasteiger partial charge on any atom is -0.475 e. The van der Waals surface area contributed by atoms with Gasteiger partial charge in [0, 0.05) is 23.6 Å². The number of benzene rings is 1. The van der Waals surface area contributed by atoms with E-state index in [4.69, 9.17) is 16.9 Å². The molecule has 0 unspecified atom stereocenters. The average Bonchev–Trinajstić information content (AvgIpc) is 2.96. The molecule has 2 heterocycles. The van der Waals surface area contributed by atoms with Crippen LogP contribution in [0.25, 0.3) is 10.8 Å². The number of nitrogens with one attached hydrogen (secondary N) is 1. The summed E-state index contributed by atoms with van der Waals surface area (Å²) in [5, 5.41) is 4.30. The van der Waals surface area contributed by atoms with Gasteiger partial charge in [0.15, 0.2) is 0 Å². The standard InChI is InChI=1S/C17H15N3O3/c1-2-10-7-14-11(8-13(10)16(18)22)5-6-19-17(14)23-9-12-3-4-15(21)20-12/h1,5-8,12H,3-4,9H2,(H2,18,22)(H,20,21)/t12-/m0/s1. The fourth-order valence-corrected chi connectivity index (χ4v) is 2.61. The number of pyridine rings is 1. The Balaban J connectivity index is 1.93. The van der Waals surface area contributed by atoms with Crippen LogP contribution in [0.3, 0.4) is 0 Å². The highest BCUT2D eigenvalue weighted by Gasteiger charge is 2.21. The molecule has 3 N–H and O–H groups in total. The number of amides is 2. The Bertz CT molecular complexity index is 839. The van der Waals surface area contributed by atoms with Gasteiger partial charge in [-0.05, 0) is 30.0 Å². The molecule has 1 fully saturated rings. The second-order valence-electron chi connectivity index (χ2n) is 5.36. The molecule has 6 heteroatoms. The first kappa shape index (κ1) is 14.9. The van der Waals surface area contributed by atoms with Crippen molar-refractivity contribution in [1.29, 1.82) is 0 Å². The molecule has 0 radical (unpaired) electrons. The highest BCUT2D eigenvalue weighted by Crippen LogP contribution is 2.26. The Labute approximate surface area is 133 Å². The van der Waals surface area contributed by atoms with E-state index in [9.17, 15) is 9.59 Å². The first-order valence-electron chi connectivity index (χ1n) is 7.20. The lowest BCUT2D eigenvalue weighted by Crippen LogP contribution is -2.31. The number of hydrogen-bond donors (Lipinski definition) is 2. The first-order chi connectivity index (χ1) is 11.1. The largest absolute Gasteiger partial charge is 0.475 e. The number of carbonyl (C=O) groups excluding carboxylic acids is 2. The number of nitrogens with zero attached hydrogens (tertiary/aromatic N) is 1. The second kappa shape index (κ2) is 5.97. The van der Waals surface area contributed by atoms with Gasteiger partial charge in [-0.2, -0.15) is 0 Å². The van der Waals surface area contributed by atoms with Crippen LogP contribution in [0.5, 0.6) is 5.88 Å². The number of hydrogen-bond acceptors (Lipinski definition) is 4. The Kier molecular flexibility index (Phi) is 3.85. The zero-order chi connectivity index (χ0) is 16.4. The van der Waals surface area contributed by atoms with Gasteiger partial charge in [0.25, 0.3) is 0 Å². The minimum atomic E-state index is -0.576. The molecule has 2 aromatic rings. The van der Waals surface area contributed by atoms with Crippen LogP contribution in [0.4, 0.5) is 0 Å². The third kappa shape index (κ3) is 2.94. The number of rotatable bonds is 4. The van der Waals surface area contributed by atoms with Crippen molar-refractivity contribution in [2.45, 2.75) is 18.9 Å². The molecule has 2 amide bonds. The van der Waals surface area contributed by atoms with Crippen LogP contribution in [0.2, 0.25) is 0 Å². The summed E-state index contributed by atoms with van der Waals surface area (Å²) in [6.07, 6.45) is 8.30. The molecule has 0 spiro atoms. The highest BCUT2D eigenvalue weighted by atomic mass is 16.5. The van der Waals surface area contributed by atoms with E-state index in [0.717, 1.165) is 11.8 Å². The molecule has 1 aromatic heterocycles. The molecule has 3 rings (SSSR count). The predicted octanol–water partition coefficient (Wildman–Crippen LogP) is 0.972. The zero-order valence-electron chi connectivity index (χ0n) is 12.3. The van der Waals surface area contributed by atoms with Crippen LogP contribution >= 0.6 is 0 Å². The maximum atomic E-state index is 11.5. The van der Waals surface area contributed by atoms with Gasteiger partial charge in [0.05, 0.1) is 11.6 Å². The lowest BCUT2D eigenvalue weighted by atomic mass is 10.0. The lowest BCUT2D eigenvalue weighted by Gasteiger charge is -2.13. The molecule has 0 bridgehead atoms. The molecule has 1 aliphatic rings. The fraction of sp³-hybridized carbons (Fsp3) is 0.235. The third-order valence-electron chi connectivity index (χ3n) is 3.79. The molecule has 23 heavy (non-hydrogen) atoms. The topological polar surface area (TPSA) is 94.3 Å². The molecule has 1 atom stereocenters. The molecular weight excluding hydrogens is 294 g/mol. The van der Waals surface area contributed by atoms with Crippen LogP contribution < -0.4 is 15.8 Å². The van der Waals surface area contributed by atoms with Crippen molar-refractivity contribution in [3.05, 3.63) is 35.5 Å². The number of aromatic nitrogens is 1. The van der Waals surface area contributed by atoms with E-state index in [1.807, 2.05) is 0 Å². The highest BCUT2D eigenvalue weighted by molar-refractivity contribution is 6.01. The maximum absolute atomic E-state index is 11.5. The molecule has 1 aromatic carbocycles. The normalized spacial score (nSPS) is 16.8. The van der Waals surface area contributed by atoms with Crippen molar-refractivity contribution in [2.24, 2.45) is 5.73 Å². The van der Waals surface area contributed by atoms with Crippen molar-refractivity contribution >= 4 is 22.6 Å². The molecule has 6 nitrogen and oxygen atoms in total. The Hall–Kier alpha value is -3.07. The minimum absolute atomic E-state index is 0.0171. The molecular formula is C17H15N3O3. The molecule has 0 saturated carbocycles. The van der Waals surface area contributed by atoms with Gasteiger partial charge in [0.2, 0.25) is 17.7 Å². The van der Waals surface area contributed by atoms with Crippen molar-refractivity contribution in [2.75, 3.05) is 6.61 Å². The van der Waals surface area contributed by atoms with Gasteiger partial charge in [-0.3, -0.25) is 9.59 Å². The molecule has 1 saturated heterocycles. The van der Waals surface area contributed by atoms with Crippen molar-refractivity contribution in [3.63, 3.8) is 0 Å². The molecule has 1 aliphatic heterocycles. The summed E-state index contributed by atoms with van der Waals surface area (Å²) in [4.78, 5) is 26.9. The van der Waals surface area contributed by atoms with Gasteiger partial charge >= 0.3 is 0 Å². The van der Waals surface area contributed by atoms with Gasteiger partial charge in [-0.15, -0.1) is 6.42 Å². The number of fused-ring (bicyclic) bond motifs is 1. The van der Waals surface area contributed by atoms with E-state index in [-0.39, 0.29) is 11.9 Å². The van der Waals surface area contributed by atoms with Crippen LogP contribution in [-0.2, 0) is 4.79 Å². The van der Waals surface area contributed by atoms with E-state index < -0.39 is 5.91 Å². The summed E-state index contributed by atoms with van der Waals surface area (Å²) in [5.41, 5.74) is 6.04. The van der Waals surface area contributed by atoms with Crippen molar-refractivity contribution in [1.82, 2.24) is 10.3 Å². The molecule has 0 aliphatic carbocycles. The summed E-state index contributed by atoms with van der Waals surface area (Å²) in [6, 6.07) is 5.05. The number of primary amides is 1. The van der Waals surface area contributed by atoms with Crippen LogP contribution in [0.15, 0.2) is 24.4 Å². The fourth-order valence-electron chi connectivity index (χ4n) is 2.61. The number of ether oxygens (including phenoxy) is 1. The van der Waals surface area contributed by atoms with Gasteiger partial charge in [-0.25, -0.2) is 4.98 Å². The second-order valence-corrected chi connectivity index (χ2v) is 5.36. The summed E-state index contributed by atoms with van der Waals surface area (Å²) < 4.78 is 5.74. The molecule has 116 valence electrons. The van der Waals surface area contributed by atoms with Crippen LogP contribution in [0.1, 0.15) is 28.8 Å². The zero-order valence-corrected chi connectivity index (χ0v) is 12.3. The van der Waals surface area contributed by atoms with Gasteiger partial charge in [0.1, 0.15) is 6.61 Å². The number of carbonyl (C=O) groups is 2.